The van der Waals surface area contributed by atoms with Gasteiger partial charge in [0.25, 0.3) is 5.91 Å². The van der Waals surface area contributed by atoms with Gasteiger partial charge in [0.1, 0.15) is 12.5 Å². The average Bonchev–Trinajstić information content (AvgIpc) is 3.17. The van der Waals surface area contributed by atoms with Crippen LogP contribution in [0.3, 0.4) is 0 Å². The summed E-state index contributed by atoms with van der Waals surface area (Å²) in [5, 5.41) is 1.78. The largest absolute Gasteiger partial charge is 0.510 e. The van der Waals surface area contributed by atoms with Crippen molar-refractivity contribution in [2.75, 3.05) is 38.7 Å². The zero-order valence-corrected chi connectivity index (χ0v) is 23.1. The molecule has 0 bridgehead atoms. The Bertz CT molecular complexity index is 1880. The van der Waals surface area contributed by atoms with Gasteiger partial charge in [0.15, 0.2) is 17.3 Å². The summed E-state index contributed by atoms with van der Waals surface area (Å²) in [5.74, 6) is -3.03. The standard InChI is InChI=1S/C30H23F2N5O7/c1-41-30(40)44-15-43-28-21(38)8-9-36-27(28)29(39)35-10-11-42-13-22(35)37(36)26-17-5-3-2-4-16(17)19-12-33-14-34-25(19)23-18(26)6-7-20(31)24(23)32/h2-9,12,14,22,26H,10-11,13,15H2,1H3/t22-,26-/m1/s1. The van der Waals surface area contributed by atoms with Gasteiger partial charge in [-0.3, -0.25) is 19.3 Å². The number of pyridine rings is 1. The van der Waals surface area contributed by atoms with E-state index in [1.54, 1.807) is 11.2 Å². The van der Waals surface area contributed by atoms with Gasteiger partial charge in [-0.2, -0.15) is 0 Å². The lowest BCUT2D eigenvalue weighted by molar-refractivity contribution is -0.0208. The highest BCUT2D eigenvalue weighted by Gasteiger charge is 2.47. The van der Waals surface area contributed by atoms with E-state index in [2.05, 4.69) is 14.7 Å². The number of amides is 1. The van der Waals surface area contributed by atoms with Crippen LogP contribution in [0.5, 0.6) is 5.75 Å². The van der Waals surface area contributed by atoms with Crippen molar-refractivity contribution in [1.82, 2.24) is 19.5 Å². The van der Waals surface area contributed by atoms with Crippen LogP contribution in [0, 0.1) is 11.6 Å². The molecule has 4 heterocycles. The van der Waals surface area contributed by atoms with E-state index in [9.17, 15) is 18.8 Å². The number of rotatable bonds is 4. The number of methoxy groups -OCH3 is 1. The second kappa shape index (κ2) is 10.7. The maximum Gasteiger partial charge on any atom is 0.510 e. The Morgan fingerprint density at radius 1 is 1.09 bits per heavy atom. The zero-order valence-electron chi connectivity index (χ0n) is 23.1. The molecule has 7 rings (SSSR count). The van der Waals surface area contributed by atoms with E-state index in [0.717, 1.165) is 13.2 Å². The van der Waals surface area contributed by atoms with Crippen LogP contribution in [0.25, 0.3) is 22.4 Å². The number of hydrogen-bond donors (Lipinski definition) is 0. The maximum absolute atomic E-state index is 15.9. The minimum Gasteiger partial charge on any atom is -0.451 e. The molecule has 1 aliphatic carbocycles. The molecule has 0 saturated carbocycles. The molecule has 2 aromatic heterocycles. The summed E-state index contributed by atoms with van der Waals surface area (Å²) >= 11 is 0. The monoisotopic (exact) mass is 603 g/mol. The van der Waals surface area contributed by atoms with Crippen LogP contribution in [0.4, 0.5) is 13.6 Å². The molecule has 0 spiro atoms. The molecule has 2 aliphatic heterocycles. The Hall–Kier alpha value is -5.37. The number of fused-ring (bicyclic) bond motifs is 7. The normalized spacial score (nSPS) is 18.2. The number of ether oxygens (including phenoxy) is 4. The predicted molar refractivity (Wildman–Crippen MR) is 148 cm³/mol. The number of nitrogens with zero attached hydrogens (tertiary/aromatic N) is 5. The molecule has 224 valence electrons. The fourth-order valence-electron chi connectivity index (χ4n) is 6.05. The molecule has 1 fully saturated rings. The van der Waals surface area contributed by atoms with E-state index in [4.69, 9.17) is 14.2 Å². The average molecular weight is 604 g/mol. The molecule has 0 N–H and O–H groups in total. The van der Waals surface area contributed by atoms with Gasteiger partial charge in [0, 0.05) is 36.1 Å². The number of benzene rings is 2. The zero-order chi connectivity index (χ0) is 30.5. The highest BCUT2D eigenvalue weighted by Crippen LogP contribution is 2.48. The lowest BCUT2D eigenvalue weighted by Crippen LogP contribution is -2.66. The summed E-state index contributed by atoms with van der Waals surface area (Å²) < 4.78 is 52.9. The lowest BCUT2D eigenvalue weighted by Gasteiger charge is -2.51. The van der Waals surface area contributed by atoms with Crippen molar-refractivity contribution in [3.05, 3.63) is 99.9 Å². The highest BCUT2D eigenvalue weighted by molar-refractivity contribution is 5.97. The first-order chi connectivity index (χ1) is 21.4. The van der Waals surface area contributed by atoms with Gasteiger partial charge in [0.05, 0.1) is 32.1 Å². The van der Waals surface area contributed by atoms with Crippen molar-refractivity contribution < 1.29 is 37.3 Å². The smallest absolute Gasteiger partial charge is 0.451 e. The SMILES string of the molecule is COC(=O)OCOc1c2n(ccc1=O)N([C@@H]1c3ccccc3-c3cncnc3-c3c1ccc(F)c3F)[C@@H]1COCCN1C2=O. The van der Waals surface area contributed by atoms with E-state index in [1.807, 2.05) is 24.3 Å². The van der Waals surface area contributed by atoms with E-state index in [-0.39, 0.29) is 42.5 Å². The molecule has 0 unspecified atom stereocenters. The van der Waals surface area contributed by atoms with Crippen LogP contribution in [-0.4, -0.2) is 71.4 Å². The van der Waals surface area contributed by atoms with Crippen LogP contribution >= 0.6 is 0 Å². The molecular weight excluding hydrogens is 580 g/mol. The fraction of sp³-hybridized carbons (Fsp3) is 0.233. The molecule has 14 heteroatoms. The van der Waals surface area contributed by atoms with Crippen LogP contribution in [0.15, 0.2) is 66.0 Å². The predicted octanol–water partition coefficient (Wildman–Crippen LogP) is 3.22. The second-order valence-corrected chi connectivity index (χ2v) is 10.1. The fourth-order valence-corrected chi connectivity index (χ4v) is 6.05. The van der Waals surface area contributed by atoms with Gasteiger partial charge in [0.2, 0.25) is 18.0 Å². The number of aromatic nitrogens is 3. The second-order valence-electron chi connectivity index (χ2n) is 10.1. The number of morpholine rings is 1. The summed E-state index contributed by atoms with van der Waals surface area (Å²) in [5.41, 5.74) is 1.55. The topological polar surface area (TPSA) is 125 Å². The Kier molecular flexibility index (Phi) is 6.69. The Labute approximate surface area is 247 Å². The van der Waals surface area contributed by atoms with Crippen molar-refractivity contribution in [2.45, 2.75) is 12.2 Å². The van der Waals surface area contributed by atoms with Crippen molar-refractivity contribution in [2.24, 2.45) is 0 Å². The molecule has 2 atom stereocenters. The van der Waals surface area contributed by atoms with Crippen LogP contribution in [0.2, 0.25) is 0 Å². The van der Waals surface area contributed by atoms with Gasteiger partial charge in [-0.05, 0) is 22.8 Å². The van der Waals surface area contributed by atoms with E-state index < -0.39 is 48.1 Å². The van der Waals surface area contributed by atoms with Gasteiger partial charge in [-0.1, -0.05) is 30.3 Å². The third kappa shape index (κ3) is 4.17. The lowest BCUT2D eigenvalue weighted by atomic mass is 9.92. The summed E-state index contributed by atoms with van der Waals surface area (Å²) in [6, 6.07) is 10.2. The molecule has 2 aromatic carbocycles. The first-order valence-electron chi connectivity index (χ1n) is 13.5. The number of hydrogen-bond acceptors (Lipinski definition) is 10. The summed E-state index contributed by atoms with van der Waals surface area (Å²) in [6.07, 6.45) is 2.45. The Balaban J connectivity index is 1.51. The van der Waals surface area contributed by atoms with E-state index >= 15 is 4.39 Å². The first-order valence-corrected chi connectivity index (χ1v) is 13.5. The van der Waals surface area contributed by atoms with Crippen molar-refractivity contribution in [3.8, 4) is 28.1 Å². The van der Waals surface area contributed by atoms with Gasteiger partial charge < -0.3 is 23.8 Å². The number of halogens is 2. The third-order valence-electron chi connectivity index (χ3n) is 7.88. The molecule has 44 heavy (non-hydrogen) atoms. The van der Waals surface area contributed by atoms with E-state index in [1.165, 1.54) is 34.2 Å². The molecule has 1 saturated heterocycles. The van der Waals surface area contributed by atoms with Crippen molar-refractivity contribution in [1.29, 1.82) is 0 Å². The summed E-state index contributed by atoms with van der Waals surface area (Å²) in [7, 11) is 1.11. The Morgan fingerprint density at radius 2 is 1.93 bits per heavy atom. The number of carbonyl (C=O) groups excluding carboxylic acids is 2. The molecule has 0 radical (unpaired) electrons. The molecule has 3 aliphatic rings. The molecular formula is C30H23F2N5O7. The van der Waals surface area contributed by atoms with Crippen molar-refractivity contribution in [3.63, 3.8) is 0 Å². The highest BCUT2D eigenvalue weighted by atomic mass is 19.2. The first kappa shape index (κ1) is 27.5. The van der Waals surface area contributed by atoms with Gasteiger partial charge in [-0.15, -0.1) is 0 Å². The third-order valence-corrected chi connectivity index (χ3v) is 7.88. The minimum atomic E-state index is -1.09. The van der Waals surface area contributed by atoms with Crippen molar-refractivity contribution >= 4 is 12.1 Å². The Morgan fingerprint density at radius 3 is 2.77 bits per heavy atom. The quantitative estimate of drug-likeness (QED) is 0.254. The van der Waals surface area contributed by atoms with Gasteiger partial charge >= 0.3 is 6.16 Å². The minimum absolute atomic E-state index is 0.0608. The van der Waals surface area contributed by atoms with E-state index in [0.29, 0.717) is 22.3 Å². The molecule has 1 amide bonds. The maximum atomic E-state index is 15.9. The van der Waals surface area contributed by atoms with Gasteiger partial charge in [-0.25, -0.2) is 23.5 Å². The van der Waals surface area contributed by atoms with Crippen LogP contribution in [-0.2, 0) is 14.2 Å². The molecule has 4 aromatic rings. The molecule has 12 nitrogen and oxygen atoms in total. The number of carbonyl (C=O) groups is 2. The summed E-state index contributed by atoms with van der Waals surface area (Å²) in [6.45, 7) is -0.227. The van der Waals surface area contributed by atoms with Crippen LogP contribution in [0.1, 0.15) is 27.7 Å². The van der Waals surface area contributed by atoms with Crippen LogP contribution < -0.4 is 15.2 Å². The summed E-state index contributed by atoms with van der Waals surface area (Å²) in [4.78, 5) is 48.7.